The van der Waals surface area contributed by atoms with Gasteiger partial charge in [-0.2, -0.15) is 5.26 Å². The highest BCUT2D eigenvalue weighted by molar-refractivity contribution is 6.31. The summed E-state index contributed by atoms with van der Waals surface area (Å²) in [6.07, 6.45) is 0. The number of rotatable bonds is 4. The number of nitrogens with zero attached hydrogens (tertiary/aromatic N) is 2. The normalized spacial score (nSPS) is 9.95. The molecular weight excluding hydrogens is 313 g/mol. The van der Waals surface area contributed by atoms with Crippen LogP contribution in [0.5, 0.6) is 0 Å². The van der Waals surface area contributed by atoms with Crippen LogP contribution in [0.3, 0.4) is 0 Å². The molecule has 0 aliphatic carbocycles. The summed E-state index contributed by atoms with van der Waals surface area (Å²) >= 11 is 11.9. The number of anilines is 1. The SMILES string of the molecule is N#Cc1ccc(Cl)cc1NCc1cc([N+](=O)[O-])ccc1Cl. The van der Waals surface area contributed by atoms with Crippen molar-refractivity contribution < 1.29 is 4.92 Å². The molecule has 1 N–H and O–H groups in total. The summed E-state index contributed by atoms with van der Waals surface area (Å²) in [6.45, 7) is 0.246. The zero-order chi connectivity index (χ0) is 15.4. The van der Waals surface area contributed by atoms with E-state index in [1.807, 2.05) is 6.07 Å². The Morgan fingerprint density at radius 2 is 2.00 bits per heavy atom. The fourth-order valence-electron chi connectivity index (χ4n) is 1.76. The summed E-state index contributed by atoms with van der Waals surface area (Å²) in [5.74, 6) is 0. The Morgan fingerprint density at radius 1 is 1.24 bits per heavy atom. The van der Waals surface area contributed by atoms with Crippen molar-refractivity contribution in [1.82, 2.24) is 0 Å². The van der Waals surface area contributed by atoms with Gasteiger partial charge >= 0.3 is 0 Å². The largest absolute Gasteiger partial charge is 0.380 e. The molecule has 0 spiro atoms. The maximum absolute atomic E-state index is 10.8. The van der Waals surface area contributed by atoms with Crippen molar-refractivity contribution in [3.8, 4) is 6.07 Å². The number of nitro benzene ring substituents is 1. The van der Waals surface area contributed by atoms with E-state index < -0.39 is 4.92 Å². The molecular formula is C14H9Cl2N3O2. The molecule has 0 atom stereocenters. The molecule has 0 unspecified atom stereocenters. The van der Waals surface area contributed by atoms with E-state index in [4.69, 9.17) is 28.5 Å². The Morgan fingerprint density at radius 3 is 2.67 bits per heavy atom. The standard InChI is InChI=1S/C14H9Cl2N3O2/c15-11-2-1-9(7-17)14(6-11)18-8-10-5-12(19(20)21)3-4-13(10)16/h1-6,18H,8H2. The smallest absolute Gasteiger partial charge is 0.269 e. The van der Waals surface area contributed by atoms with Crippen LogP contribution in [0.1, 0.15) is 11.1 Å². The van der Waals surface area contributed by atoms with Gasteiger partial charge in [0.05, 0.1) is 16.2 Å². The molecule has 0 saturated heterocycles. The molecule has 0 bridgehead atoms. The molecule has 0 amide bonds. The van der Waals surface area contributed by atoms with E-state index in [0.29, 0.717) is 26.9 Å². The third-order valence-corrected chi connectivity index (χ3v) is 3.42. The molecule has 0 aromatic heterocycles. The van der Waals surface area contributed by atoms with Gasteiger partial charge in [-0.3, -0.25) is 10.1 Å². The van der Waals surface area contributed by atoms with E-state index in [9.17, 15) is 10.1 Å². The van der Waals surface area contributed by atoms with E-state index in [-0.39, 0.29) is 12.2 Å². The first-order valence-corrected chi connectivity index (χ1v) is 6.63. The molecule has 0 radical (unpaired) electrons. The molecule has 7 heteroatoms. The summed E-state index contributed by atoms with van der Waals surface area (Å²) in [4.78, 5) is 10.3. The van der Waals surface area contributed by atoms with Crippen molar-refractivity contribution >= 4 is 34.6 Å². The van der Waals surface area contributed by atoms with Crippen LogP contribution in [0.25, 0.3) is 0 Å². The van der Waals surface area contributed by atoms with Crippen molar-refractivity contribution in [1.29, 1.82) is 5.26 Å². The van der Waals surface area contributed by atoms with Gasteiger partial charge in [-0.25, -0.2) is 0 Å². The Labute approximate surface area is 130 Å². The van der Waals surface area contributed by atoms with Crippen LogP contribution < -0.4 is 5.32 Å². The first kappa shape index (κ1) is 15.1. The third-order valence-electron chi connectivity index (χ3n) is 2.81. The number of non-ortho nitro benzene ring substituents is 1. The summed E-state index contributed by atoms with van der Waals surface area (Å²) < 4.78 is 0. The minimum Gasteiger partial charge on any atom is -0.380 e. The summed E-state index contributed by atoms with van der Waals surface area (Å²) in [6, 6.07) is 11.1. The Balaban J connectivity index is 2.24. The molecule has 0 aliphatic heterocycles. The number of nitro groups is 1. The van der Waals surface area contributed by atoms with Gasteiger partial charge in [0.25, 0.3) is 5.69 Å². The lowest BCUT2D eigenvalue weighted by Gasteiger charge is -2.10. The Hall–Kier alpha value is -2.29. The van der Waals surface area contributed by atoms with Crippen molar-refractivity contribution in [2.24, 2.45) is 0 Å². The predicted octanol–water partition coefficient (Wildman–Crippen LogP) is 4.39. The quantitative estimate of drug-likeness (QED) is 0.669. The Bertz CT molecular complexity index is 741. The van der Waals surface area contributed by atoms with E-state index in [2.05, 4.69) is 5.32 Å². The monoisotopic (exact) mass is 321 g/mol. The first-order valence-electron chi connectivity index (χ1n) is 5.87. The fraction of sp³-hybridized carbons (Fsp3) is 0.0714. The molecule has 21 heavy (non-hydrogen) atoms. The summed E-state index contributed by atoms with van der Waals surface area (Å²) in [5.41, 5.74) is 1.51. The molecule has 2 aromatic carbocycles. The second-order valence-electron chi connectivity index (χ2n) is 4.19. The Kier molecular flexibility index (Phi) is 4.63. The number of hydrogen-bond acceptors (Lipinski definition) is 4. The van der Waals surface area contributed by atoms with Crippen molar-refractivity contribution in [3.05, 3.63) is 67.7 Å². The van der Waals surface area contributed by atoms with Gasteiger partial charge in [-0.15, -0.1) is 0 Å². The predicted molar refractivity (Wildman–Crippen MR) is 81.6 cm³/mol. The van der Waals surface area contributed by atoms with Gasteiger partial charge in [0.2, 0.25) is 0 Å². The first-order chi connectivity index (χ1) is 10.0. The van der Waals surface area contributed by atoms with E-state index in [1.165, 1.54) is 18.2 Å². The van der Waals surface area contributed by atoms with Gasteiger partial charge in [0, 0.05) is 28.7 Å². The molecule has 0 heterocycles. The highest BCUT2D eigenvalue weighted by Gasteiger charge is 2.10. The number of nitriles is 1. The van der Waals surface area contributed by atoms with Gasteiger partial charge in [0.1, 0.15) is 6.07 Å². The highest BCUT2D eigenvalue weighted by Crippen LogP contribution is 2.25. The molecule has 5 nitrogen and oxygen atoms in total. The average molecular weight is 322 g/mol. The lowest BCUT2D eigenvalue weighted by Crippen LogP contribution is -2.02. The lowest BCUT2D eigenvalue weighted by molar-refractivity contribution is -0.384. The van der Waals surface area contributed by atoms with E-state index in [1.54, 1.807) is 18.2 Å². The van der Waals surface area contributed by atoms with Gasteiger partial charge < -0.3 is 5.32 Å². The van der Waals surface area contributed by atoms with Crippen LogP contribution in [0, 0.1) is 21.4 Å². The number of halogens is 2. The topological polar surface area (TPSA) is 79.0 Å². The average Bonchev–Trinajstić information content (AvgIpc) is 2.46. The third kappa shape index (κ3) is 3.63. The minimum atomic E-state index is -0.486. The zero-order valence-corrected chi connectivity index (χ0v) is 12.1. The van der Waals surface area contributed by atoms with Crippen LogP contribution in [0.2, 0.25) is 10.0 Å². The summed E-state index contributed by atoms with van der Waals surface area (Å²) in [7, 11) is 0. The summed E-state index contributed by atoms with van der Waals surface area (Å²) in [5, 5.41) is 23.7. The van der Waals surface area contributed by atoms with Crippen molar-refractivity contribution in [2.75, 3.05) is 5.32 Å². The number of benzene rings is 2. The van der Waals surface area contributed by atoms with Crippen LogP contribution in [0.4, 0.5) is 11.4 Å². The van der Waals surface area contributed by atoms with Crippen LogP contribution in [-0.2, 0) is 6.54 Å². The zero-order valence-electron chi connectivity index (χ0n) is 10.6. The molecule has 2 aromatic rings. The van der Waals surface area contributed by atoms with E-state index in [0.717, 1.165) is 0 Å². The fourth-order valence-corrected chi connectivity index (χ4v) is 2.12. The van der Waals surface area contributed by atoms with Crippen molar-refractivity contribution in [2.45, 2.75) is 6.54 Å². The lowest BCUT2D eigenvalue weighted by atomic mass is 10.1. The minimum absolute atomic E-state index is 0.0391. The van der Waals surface area contributed by atoms with Gasteiger partial charge in [-0.05, 0) is 29.8 Å². The van der Waals surface area contributed by atoms with Crippen LogP contribution in [0.15, 0.2) is 36.4 Å². The van der Waals surface area contributed by atoms with Crippen molar-refractivity contribution in [3.63, 3.8) is 0 Å². The molecule has 2 rings (SSSR count). The van der Waals surface area contributed by atoms with Crippen LogP contribution >= 0.6 is 23.2 Å². The maximum Gasteiger partial charge on any atom is 0.269 e. The second-order valence-corrected chi connectivity index (χ2v) is 5.03. The van der Waals surface area contributed by atoms with Gasteiger partial charge in [0.15, 0.2) is 0 Å². The second kappa shape index (κ2) is 6.44. The number of nitrogens with one attached hydrogen (secondary N) is 1. The molecule has 0 fully saturated rings. The highest BCUT2D eigenvalue weighted by atomic mass is 35.5. The molecule has 0 aliphatic rings. The van der Waals surface area contributed by atoms with Gasteiger partial charge in [-0.1, -0.05) is 23.2 Å². The number of hydrogen-bond donors (Lipinski definition) is 1. The maximum atomic E-state index is 10.8. The molecule has 106 valence electrons. The van der Waals surface area contributed by atoms with Crippen LogP contribution in [-0.4, -0.2) is 4.92 Å². The molecule has 0 saturated carbocycles. The van der Waals surface area contributed by atoms with E-state index >= 15 is 0 Å².